The number of rotatable bonds is 5. The molecule has 2 N–H and O–H groups in total. The van der Waals surface area contributed by atoms with E-state index in [-0.39, 0.29) is 20.1 Å². The molecule has 0 fully saturated rings. The van der Waals surface area contributed by atoms with Crippen LogP contribution < -0.4 is 0 Å². The van der Waals surface area contributed by atoms with Crippen molar-refractivity contribution in [2.75, 3.05) is 0 Å². The minimum absolute atomic E-state index is 0. The van der Waals surface area contributed by atoms with Crippen LogP contribution in [0.1, 0.15) is 60.1 Å². The van der Waals surface area contributed by atoms with Gasteiger partial charge in [-0.25, -0.2) is 0 Å². The Morgan fingerprint density at radius 2 is 1.69 bits per heavy atom. The summed E-state index contributed by atoms with van der Waals surface area (Å²) in [7, 11) is 0. The number of benzene rings is 3. The molecular formula is C28H32IrNO2-. The molecule has 0 aliphatic rings. The zero-order valence-electron chi connectivity index (χ0n) is 24.2. The van der Waals surface area contributed by atoms with Gasteiger partial charge in [-0.05, 0) is 49.6 Å². The van der Waals surface area contributed by atoms with Crippen molar-refractivity contribution in [3.8, 4) is 11.3 Å². The maximum Gasteiger partial charge on any atom is 0.0536 e. The van der Waals surface area contributed by atoms with E-state index in [0.717, 1.165) is 17.7 Å². The van der Waals surface area contributed by atoms with E-state index in [1.54, 1.807) is 0 Å². The van der Waals surface area contributed by atoms with E-state index in [1.807, 2.05) is 6.20 Å². The number of hydrogen-bond acceptors (Lipinski definition) is 3. The summed E-state index contributed by atoms with van der Waals surface area (Å²) in [5.74, 6) is 0.552. The van der Waals surface area contributed by atoms with Gasteiger partial charge in [0.15, 0.2) is 0 Å². The average molecular weight is 613 g/mol. The second kappa shape index (κ2) is 12.2. The molecule has 171 valence electrons. The van der Waals surface area contributed by atoms with Crippen LogP contribution in [0.25, 0.3) is 32.8 Å². The molecule has 3 nitrogen and oxygen atoms in total. The average Bonchev–Trinajstić information content (AvgIpc) is 2.87. The van der Waals surface area contributed by atoms with Gasteiger partial charge in [0.25, 0.3) is 0 Å². The van der Waals surface area contributed by atoms with Crippen LogP contribution in [0, 0.1) is 6.07 Å². The zero-order valence-corrected chi connectivity index (χ0v) is 20.6. The summed E-state index contributed by atoms with van der Waals surface area (Å²) in [6.45, 7) is -0.814. The number of hydrogen-bond donors (Lipinski definition) is 2. The van der Waals surface area contributed by atoms with Crippen molar-refractivity contribution in [1.82, 2.24) is 4.98 Å². The van der Waals surface area contributed by atoms with Crippen LogP contribution in [0.15, 0.2) is 66.9 Å². The molecule has 0 spiro atoms. The van der Waals surface area contributed by atoms with E-state index < -0.39 is 32.3 Å². The third kappa shape index (κ3) is 6.70. The molecule has 0 amide bonds. The zero-order chi connectivity index (χ0) is 27.4. The molecule has 4 aromatic rings. The second-order valence-corrected chi connectivity index (χ2v) is 7.69. The number of pyridine rings is 1. The van der Waals surface area contributed by atoms with Gasteiger partial charge in [-0.15, -0.1) is 29.1 Å². The largest absolute Gasteiger partial charge is 0.393 e. The third-order valence-electron chi connectivity index (χ3n) is 5.36. The summed E-state index contributed by atoms with van der Waals surface area (Å²) < 4.78 is 40.3. The van der Waals surface area contributed by atoms with Crippen molar-refractivity contribution < 1.29 is 38.5 Å². The SMILES string of the molecule is CCC(C)c1ccnc(-c2[c-]cc3c(ccc4ccccc43)c2)c1.[2H]C([2H])([2H])C(O)CC(O)C([2H])([2H])[2H].[Ir]. The van der Waals surface area contributed by atoms with E-state index in [2.05, 4.69) is 85.6 Å². The van der Waals surface area contributed by atoms with Crippen LogP contribution in [-0.4, -0.2) is 27.4 Å². The van der Waals surface area contributed by atoms with Crippen molar-refractivity contribution in [1.29, 1.82) is 0 Å². The summed E-state index contributed by atoms with van der Waals surface area (Å²) >= 11 is 0. The van der Waals surface area contributed by atoms with E-state index in [9.17, 15) is 0 Å². The molecule has 1 heterocycles. The van der Waals surface area contributed by atoms with E-state index >= 15 is 0 Å². The van der Waals surface area contributed by atoms with Crippen molar-refractivity contribution in [3.63, 3.8) is 0 Å². The van der Waals surface area contributed by atoms with Crippen molar-refractivity contribution in [2.24, 2.45) is 0 Å². The Bertz CT molecular complexity index is 1320. The third-order valence-corrected chi connectivity index (χ3v) is 5.36. The van der Waals surface area contributed by atoms with Crippen LogP contribution >= 0.6 is 0 Å². The molecule has 1 radical (unpaired) electrons. The monoisotopic (exact) mass is 613 g/mol. The van der Waals surface area contributed by atoms with Gasteiger partial charge in [-0.3, -0.25) is 0 Å². The molecule has 0 saturated carbocycles. The van der Waals surface area contributed by atoms with Crippen molar-refractivity contribution >= 4 is 21.5 Å². The molecule has 1 aromatic heterocycles. The fourth-order valence-corrected chi connectivity index (χ4v) is 3.44. The van der Waals surface area contributed by atoms with Gasteiger partial charge in [0, 0.05) is 34.5 Å². The number of aliphatic hydroxyl groups excluding tert-OH is 2. The summed E-state index contributed by atoms with van der Waals surface area (Å²) in [5, 5.41) is 22.9. The molecule has 3 aromatic carbocycles. The first kappa shape index (κ1) is 18.3. The summed E-state index contributed by atoms with van der Waals surface area (Å²) in [4.78, 5) is 4.56. The van der Waals surface area contributed by atoms with E-state index in [0.29, 0.717) is 5.92 Å². The predicted molar refractivity (Wildman–Crippen MR) is 130 cm³/mol. The summed E-state index contributed by atoms with van der Waals surface area (Å²) in [5.41, 5.74) is 3.40. The Morgan fingerprint density at radius 1 is 0.969 bits per heavy atom. The summed E-state index contributed by atoms with van der Waals surface area (Å²) in [6, 6.07) is 24.9. The number of fused-ring (bicyclic) bond motifs is 3. The fraction of sp³-hybridized carbons (Fsp3) is 0.321. The molecule has 3 atom stereocenters. The second-order valence-electron chi connectivity index (χ2n) is 7.69. The molecule has 0 saturated heterocycles. The Balaban J connectivity index is 0.000000313. The maximum atomic E-state index is 8.95. The molecule has 4 heteroatoms. The van der Waals surface area contributed by atoms with Crippen molar-refractivity contribution in [2.45, 2.75) is 58.5 Å². The van der Waals surface area contributed by atoms with Gasteiger partial charge in [0.2, 0.25) is 0 Å². The smallest absolute Gasteiger partial charge is 0.0536 e. The Kier molecular flexibility index (Phi) is 7.01. The quantitative estimate of drug-likeness (QED) is 0.200. The molecule has 0 aliphatic carbocycles. The first-order valence-electron chi connectivity index (χ1n) is 13.5. The molecule has 3 unspecified atom stereocenters. The molecular weight excluding hydrogens is 575 g/mol. The minimum atomic E-state index is -2.65. The first-order chi connectivity index (χ1) is 17.3. The topological polar surface area (TPSA) is 53.4 Å². The van der Waals surface area contributed by atoms with Gasteiger partial charge in [0.1, 0.15) is 0 Å². The van der Waals surface area contributed by atoms with Gasteiger partial charge in [-0.1, -0.05) is 72.6 Å². The standard InChI is InChI=1S/C23H20N.C5H12O2.Ir/c1-3-16(2)18-12-13-24-23(15-18)20-10-11-22-19(14-20)9-8-17-6-4-5-7-21(17)22;1-4(6)3-5(2)7;/h4-9,11-16H,3H2,1-2H3;4-7H,3H2,1-2H3;/q-1;;/i;1D3,2D3;. The number of nitrogens with zero attached hydrogens (tertiary/aromatic N) is 1. The van der Waals surface area contributed by atoms with Gasteiger partial charge in [0.05, 0.1) is 12.2 Å². The van der Waals surface area contributed by atoms with Crippen LogP contribution in [0.5, 0.6) is 0 Å². The Morgan fingerprint density at radius 3 is 2.41 bits per heavy atom. The van der Waals surface area contributed by atoms with E-state index in [1.165, 1.54) is 27.1 Å². The molecule has 4 rings (SSSR count). The van der Waals surface area contributed by atoms with Crippen LogP contribution in [0.4, 0.5) is 0 Å². The van der Waals surface area contributed by atoms with Crippen LogP contribution in [0.2, 0.25) is 0 Å². The Labute approximate surface area is 213 Å². The van der Waals surface area contributed by atoms with Gasteiger partial charge >= 0.3 is 0 Å². The van der Waals surface area contributed by atoms with Crippen LogP contribution in [0.3, 0.4) is 0 Å². The van der Waals surface area contributed by atoms with Crippen molar-refractivity contribution in [3.05, 3.63) is 78.5 Å². The minimum Gasteiger partial charge on any atom is -0.393 e. The number of aromatic nitrogens is 1. The van der Waals surface area contributed by atoms with E-state index in [4.69, 9.17) is 18.4 Å². The number of aliphatic hydroxyl groups is 2. The predicted octanol–water partition coefficient (Wildman–Crippen LogP) is 6.50. The van der Waals surface area contributed by atoms with Crippen LogP contribution in [-0.2, 0) is 20.1 Å². The normalized spacial score (nSPS) is 17.1. The van der Waals surface area contributed by atoms with Gasteiger partial charge in [-0.2, -0.15) is 0 Å². The fourth-order valence-electron chi connectivity index (χ4n) is 3.44. The molecule has 0 bridgehead atoms. The summed E-state index contributed by atoms with van der Waals surface area (Å²) in [6.07, 6.45) is -1.23. The Hall–Kier alpha value is -2.10. The first-order valence-corrected chi connectivity index (χ1v) is 10.5. The molecule has 0 aliphatic heterocycles. The maximum absolute atomic E-state index is 8.95. The molecule has 32 heavy (non-hydrogen) atoms. The van der Waals surface area contributed by atoms with Gasteiger partial charge < -0.3 is 15.2 Å².